The average molecular weight is 248 g/mol. The molecule has 1 saturated carbocycles. The summed E-state index contributed by atoms with van der Waals surface area (Å²) in [5.41, 5.74) is 1.35. The van der Waals surface area contributed by atoms with Crippen LogP contribution in [0.25, 0.3) is 0 Å². The second-order valence-corrected chi connectivity index (χ2v) is 5.46. The lowest BCUT2D eigenvalue weighted by molar-refractivity contribution is -0.149. The first kappa shape index (κ1) is 12.2. The van der Waals surface area contributed by atoms with Crippen LogP contribution in [0.3, 0.4) is 0 Å². The molecule has 0 unspecified atom stereocenters. The van der Waals surface area contributed by atoms with Crippen LogP contribution in [0.15, 0.2) is 24.3 Å². The third kappa shape index (κ3) is 1.96. The average Bonchev–Trinajstić information content (AvgIpc) is 3.01. The van der Waals surface area contributed by atoms with Crippen LogP contribution in [0.1, 0.15) is 43.7 Å². The monoisotopic (exact) mass is 248 g/mol. The van der Waals surface area contributed by atoms with Gasteiger partial charge in [-0.1, -0.05) is 31.0 Å². The molecule has 0 atom stereocenters. The maximum absolute atomic E-state index is 10.6. The van der Waals surface area contributed by atoms with Gasteiger partial charge in [0.2, 0.25) is 0 Å². The van der Waals surface area contributed by atoms with Crippen LogP contribution in [0, 0.1) is 0 Å². The first-order valence-electron chi connectivity index (χ1n) is 6.74. The molecule has 3 rings (SSSR count). The van der Waals surface area contributed by atoms with Crippen molar-refractivity contribution < 1.29 is 14.6 Å². The Bertz CT molecular complexity index is 392. The fourth-order valence-corrected chi connectivity index (χ4v) is 3.02. The Morgan fingerprint density at radius 2 is 1.67 bits per heavy atom. The molecule has 1 aliphatic carbocycles. The summed E-state index contributed by atoms with van der Waals surface area (Å²) >= 11 is 0. The molecule has 3 nitrogen and oxygen atoms in total. The van der Waals surface area contributed by atoms with Gasteiger partial charge in [-0.3, -0.25) is 0 Å². The van der Waals surface area contributed by atoms with E-state index in [-0.39, 0.29) is 0 Å². The molecule has 0 amide bonds. The molecule has 0 radical (unpaired) electrons. The van der Waals surface area contributed by atoms with Gasteiger partial charge < -0.3 is 14.6 Å². The fourth-order valence-electron chi connectivity index (χ4n) is 3.02. The number of hydrogen-bond donors (Lipinski definition) is 1. The summed E-state index contributed by atoms with van der Waals surface area (Å²) in [5.74, 6) is -0.648. The number of aliphatic hydroxyl groups is 1. The minimum Gasteiger partial charge on any atom is -0.385 e. The highest BCUT2D eigenvalue weighted by molar-refractivity contribution is 5.31. The predicted octanol–water partition coefficient (Wildman–Crippen LogP) is 2.67. The maximum Gasteiger partial charge on any atom is 0.192 e. The van der Waals surface area contributed by atoms with Gasteiger partial charge in [-0.2, -0.15) is 0 Å². The zero-order valence-electron chi connectivity index (χ0n) is 10.8. The molecule has 1 aromatic carbocycles. The van der Waals surface area contributed by atoms with Gasteiger partial charge in [-0.05, 0) is 31.4 Å². The van der Waals surface area contributed by atoms with Crippen LogP contribution in [0.2, 0.25) is 0 Å². The highest BCUT2D eigenvalue weighted by Gasteiger charge is 2.37. The van der Waals surface area contributed by atoms with E-state index in [4.69, 9.17) is 9.47 Å². The van der Waals surface area contributed by atoms with E-state index in [1.165, 1.54) is 0 Å². The highest BCUT2D eigenvalue weighted by Crippen LogP contribution is 2.40. The van der Waals surface area contributed by atoms with Crippen LogP contribution in [-0.2, 0) is 20.9 Å². The topological polar surface area (TPSA) is 38.7 Å². The second-order valence-electron chi connectivity index (χ2n) is 5.46. The van der Waals surface area contributed by atoms with Gasteiger partial charge >= 0.3 is 0 Å². The Morgan fingerprint density at radius 3 is 2.33 bits per heavy atom. The summed E-state index contributed by atoms with van der Waals surface area (Å²) in [7, 11) is 0. The zero-order valence-corrected chi connectivity index (χ0v) is 10.8. The molecule has 1 saturated heterocycles. The molecule has 1 aliphatic heterocycles. The minimum atomic E-state index is -0.648. The van der Waals surface area contributed by atoms with E-state index in [9.17, 15) is 5.11 Å². The SMILES string of the molecule is CC1(c2cccc(C3(O)CCCC3)c2)OCCO1. The van der Waals surface area contributed by atoms with Crippen molar-refractivity contribution >= 4 is 0 Å². The van der Waals surface area contributed by atoms with Crippen molar-refractivity contribution in [2.45, 2.75) is 44.0 Å². The van der Waals surface area contributed by atoms with E-state index < -0.39 is 11.4 Å². The smallest absolute Gasteiger partial charge is 0.192 e. The normalized spacial score (nSPS) is 25.4. The van der Waals surface area contributed by atoms with E-state index in [0.717, 1.165) is 36.8 Å². The summed E-state index contributed by atoms with van der Waals surface area (Å²) < 4.78 is 11.3. The van der Waals surface area contributed by atoms with Crippen LogP contribution < -0.4 is 0 Å². The quantitative estimate of drug-likeness (QED) is 0.874. The number of benzene rings is 1. The number of rotatable bonds is 2. The lowest BCUT2D eigenvalue weighted by atomic mass is 9.90. The summed E-state index contributed by atoms with van der Waals surface area (Å²) in [5, 5.41) is 10.6. The van der Waals surface area contributed by atoms with Gasteiger partial charge in [-0.15, -0.1) is 0 Å². The molecule has 98 valence electrons. The molecule has 3 heteroatoms. The Labute approximate surface area is 108 Å². The molecular formula is C15H20O3. The standard InChI is InChI=1S/C15H20O3/c1-14(17-9-10-18-14)12-5-4-6-13(11-12)15(16)7-2-3-8-15/h4-6,11,16H,2-3,7-10H2,1H3. The van der Waals surface area contributed by atoms with Crippen LogP contribution in [-0.4, -0.2) is 18.3 Å². The Balaban J connectivity index is 1.94. The molecule has 0 spiro atoms. The summed E-state index contributed by atoms with van der Waals surface area (Å²) in [6, 6.07) is 8.04. The van der Waals surface area contributed by atoms with Gasteiger partial charge in [-0.25, -0.2) is 0 Å². The van der Waals surface area contributed by atoms with Gasteiger partial charge in [0.05, 0.1) is 18.8 Å². The Hall–Kier alpha value is -0.900. The fraction of sp³-hybridized carbons (Fsp3) is 0.600. The van der Waals surface area contributed by atoms with Gasteiger partial charge in [0, 0.05) is 5.56 Å². The van der Waals surface area contributed by atoms with E-state index in [1.54, 1.807) is 0 Å². The van der Waals surface area contributed by atoms with Crippen molar-refractivity contribution in [3.05, 3.63) is 35.4 Å². The first-order chi connectivity index (χ1) is 8.62. The van der Waals surface area contributed by atoms with Crippen LogP contribution in [0.4, 0.5) is 0 Å². The number of hydrogen-bond acceptors (Lipinski definition) is 3. The van der Waals surface area contributed by atoms with Crippen molar-refractivity contribution in [2.75, 3.05) is 13.2 Å². The maximum atomic E-state index is 10.6. The zero-order chi connectivity index (χ0) is 12.6. The van der Waals surface area contributed by atoms with Crippen LogP contribution in [0.5, 0.6) is 0 Å². The largest absolute Gasteiger partial charge is 0.385 e. The summed E-state index contributed by atoms with van der Waals surface area (Å²) in [6.45, 7) is 3.20. The van der Waals surface area contributed by atoms with E-state index in [1.807, 2.05) is 31.2 Å². The second kappa shape index (κ2) is 4.34. The summed E-state index contributed by atoms with van der Waals surface area (Å²) in [4.78, 5) is 0. The van der Waals surface area contributed by atoms with E-state index in [2.05, 4.69) is 0 Å². The lowest BCUT2D eigenvalue weighted by Crippen LogP contribution is -2.25. The minimum absolute atomic E-state index is 0.630. The molecule has 0 aromatic heterocycles. The van der Waals surface area contributed by atoms with Crippen molar-refractivity contribution in [3.63, 3.8) is 0 Å². The molecule has 1 aromatic rings. The molecular weight excluding hydrogens is 228 g/mol. The molecule has 2 aliphatic rings. The van der Waals surface area contributed by atoms with Crippen molar-refractivity contribution in [3.8, 4) is 0 Å². The number of ether oxygens (including phenoxy) is 2. The Kier molecular flexibility index (Phi) is 2.93. The lowest BCUT2D eigenvalue weighted by Gasteiger charge is -2.27. The summed E-state index contributed by atoms with van der Waals surface area (Å²) in [6.07, 6.45) is 3.92. The van der Waals surface area contributed by atoms with E-state index in [0.29, 0.717) is 13.2 Å². The van der Waals surface area contributed by atoms with E-state index >= 15 is 0 Å². The molecule has 1 N–H and O–H groups in total. The molecule has 2 fully saturated rings. The third-order valence-electron chi connectivity index (χ3n) is 4.19. The third-order valence-corrected chi connectivity index (χ3v) is 4.19. The predicted molar refractivity (Wildman–Crippen MR) is 68.1 cm³/mol. The molecule has 1 heterocycles. The first-order valence-corrected chi connectivity index (χ1v) is 6.74. The van der Waals surface area contributed by atoms with Crippen LogP contribution >= 0.6 is 0 Å². The van der Waals surface area contributed by atoms with Gasteiger partial charge in [0.1, 0.15) is 0 Å². The Morgan fingerprint density at radius 1 is 1.06 bits per heavy atom. The van der Waals surface area contributed by atoms with Crippen molar-refractivity contribution in [1.29, 1.82) is 0 Å². The molecule has 0 bridgehead atoms. The van der Waals surface area contributed by atoms with Gasteiger partial charge in [0.15, 0.2) is 5.79 Å². The van der Waals surface area contributed by atoms with Gasteiger partial charge in [0.25, 0.3) is 0 Å². The van der Waals surface area contributed by atoms with Crippen molar-refractivity contribution in [2.24, 2.45) is 0 Å². The molecule has 18 heavy (non-hydrogen) atoms. The highest BCUT2D eigenvalue weighted by atomic mass is 16.7. The van der Waals surface area contributed by atoms with Crippen molar-refractivity contribution in [1.82, 2.24) is 0 Å².